The van der Waals surface area contributed by atoms with Crippen LogP contribution in [-0.2, 0) is 4.74 Å². The minimum absolute atomic E-state index is 0.0262. The maximum atomic E-state index is 12.2. The van der Waals surface area contributed by atoms with Crippen molar-refractivity contribution in [1.82, 2.24) is 14.9 Å². The van der Waals surface area contributed by atoms with E-state index in [9.17, 15) is 9.59 Å². The molecule has 0 bridgehead atoms. The molecule has 1 saturated heterocycles. The predicted octanol–water partition coefficient (Wildman–Crippen LogP) is 3.47. The summed E-state index contributed by atoms with van der Waals surface area (Å²) in [6.45, 7) is 6.66. The van der Waals surface area contributed by atoms with Crippen LogP contribution in [0, 0.1) is 0 Å². The average molecular weight is 400 g/mol. The van der Waals surface area contributed by atoms with Crippen LogP contribution in [0.25, 0.3) is 10.2 Å². The summed E-state index contributed by atoms with van der Waals surface area (Å²) in [5.41, 5.74) is 0.0524. The van der Waals surface area contributed by atoms with Crippen LogP contribution in [0.4, 0.5) is 4.79 Å². The first-order valence-electron chi connectivity index (χ1n) is 7.40. The minimum Gasteiger partial charge on any atom is -0.444 e. The van der Waals surface area contributed by atoms with Crippen LogP contribution in [0.1, 0.15) is 38.9 Å². The smallest absolute Gasteiger partial charge is 0.410 e. The number of carbonyl (C=O) groups is 1. The fourth-order valence-corrected chi connectivity index (χ4v) is 4.02. The number of hydrogen-bond acceptors (Lipinski definition) is 5. The highest BCUT2D eigenvalue weighted by atomic mass is 79.9. The molecule has 124 valence electrons. The van der Waals surface area contributed by atoms with Gasteiger partial charge in [0.25, 0.3) is 5.56 Å². The first-order chi connectivity index (χ1) is 10.7. The molecular formula is C15H18BrN3O3S. The number of amides is 1. The molecule has 2 aromatic rings. The summed E-state index contributed by atoms with van der Waals surface area (Å²) >= 11 is 4.75. The number of fused-ring (bicyclic) bond motifs is 1. The van der Waals surface area contributed by atoms with Gasteiger partial charge < -0.3 is 14.6 Å². The molecule has 1 aliphatic rings. The molecule has 1 unspecified atom stereocenters. The second-order valence-corrected chi connectivity index (χ2v) is 9.06. The van der Waals surface area contributed by atoms with E-state index in [2.05, 4.69) is 25.9 Å². The number of thiophene rings is 1. The number of H-pyrrole nitrogens is 1. The van der Waals surface area contributed by atoms with Gasteiger partial charge >= 0.3 is 6.09 Å². The van der Waals surface area contributed by atoms with Crippen LogP contribution in [0.2, 0.25) is 0 Å². The molecule has 0 spiro atoms. The number of aromatic amines is 1. The molecule has 3 rings (SSSR count). The Hall–Kier alpha value is -1.41. The van der Waals surface area contributed by atoms with Gasteiger partial charge in [-0.05, 0) is 49.2 Å². The maximum absolute atomic E-state index is 12.2. The summed E-state index contributed by atoms with van der Waals surface area (Å²) in [4.78, 5) is 33.4. The molecule has 1 N–H and O–H groups in total. The molecule has 0 saturated carbocycles. The number of nitrogens with one attached hydrogen (secondary N) is 1. The number of rotatable bonds is 1. The first kappa shape index (κ1) is 16.4. The molecule has 23 heavy (non-hydrogen) atoms. The Kier molecular flexibility index (Phi) is 4.22. The van der Waals surface area contributed by atoms with Gasteiger partial charge in [0.2, 0.25) is 0 Å². The number of likely N-dealkylation sites (tertiary alicyclic amines) is 1. The highest BCUT2D eigenvalue weighted by Crippen LogP contribution is 2.29. The highest BCUT2D eigenvalue weighted by Gasteiger charge is 2.32. The van der Waals surface area contributed by atoms with Crippen LogP contribution in [0.5, 0.6) is 0 Å². The molecular weight excluding hydrogens is 382 g/mol. The Morgan fingerprint density at radius 3 is 2.96 bits per heavy atom. The highest BCUT2D eigenvalue weighted by molar-refractivity contribution is 9.11. The van der Waals surface area contributed by atoms with E-state index in [1.165, 1.54) is 11.3 Å². The monoisotopic (exact) mass is 399 g/mol. The fraction of sp³-hybridized carbons (Fsp3) is 0.533. The van der Waals surface area contributed by atoms with Crippen LogP contribution in [-0.4, -0.2) is 39.7 Å². The maximum Gasteiger partial charge on any atom is 0.410 e. The van der Waals surface area contributed by atoms with Crippen molar-refractivity contribution in [2.45, 2.75) is 38.7 Å². The van der Waals surface area contributed by atoms with E-state index in [1.54, 1.807) is 4.90 Å². The summed E-state index contributed by atoms with van der Waals surface area (Å²) in [7, 11) is 0. The molecule has 0 radical (unpaired) electrons. The van der Waals surface area contributed by atoms with Crippen molar-refractivity contribution in [3.8, 4) is 0 Å². The van der Waals surface area contributed by atoms with Gasteiger partial charge in [-0.2, -0.15) is 0 Å². The van der Waals surface area contributed by atoms with E-state index >= 15 is 0 Å². The topological polar surface area (TPSA) is 75.3 Å². The Bertz CT molecular complexity index is 808. The molecule has 1 amide bonds. The number of aromatic nitrogens is 2. The van der Waals surface area contributed by atoms with Crippen molar-refractivity contribution in [3.63, 3.8) is 0 Å². The Balaban J connectivity index is 1.79. The fourth-order valence-electron chi connectivity index (χ4n) is 2.60. The molecule has 8 heteroatoms. The zero-order valence-corrected chi connectivity index (χ0v) is 15.6. The van der Waals surface area contributed by atoms with Gasteiger partial charge in [0.1, 0.15) is 16.1 Å². The minimum atomic E-state index is -0.510. The number of ether oxygens (including phenoxy) is 1. The lowest BCUT2D eigenvalue weighted by Gasteiger charge is -2.24. The third-order valence-electron chi connectivity index (χ3n) is 3.60. The summed E-state index contributed by atoms with van der Waals surface area (Å²) < 4.78 is 6.89. The number of hydrogen-bond donors (Lipinski definition) is 1. The van der Waals surface area contributed by atoms with Crippen molar-refractivity contribution in [1.29, 1.82) is 0 Å². The van der Waals surface area contributed by atoms with Gasteiger partial charge in [-0.3, -0.25) is 4.79 Å². The van der Waals surface area contributed by atoms with Crippen molar-refractivity contribution in [2.24, 2.45) is 0 Å². The first-order valence-corrected chi connectivity index (χ1v) is 9.01. The Labute approximate surface area is 146 Å². The van der Waals surface area contributed by atoms with Crippen molar-refractivity contribution < 1.29 is 9.53 Å². The average Bonchev–Trinajstić information content (AvgIpc) is 3.02. The molecule has 0 aliphatic carbocycles. The lowest BCUT2D eigenvalue weighted by Crippen LogP contribution is -2.35. The number of carbonyl (C=O) groups excluding carboxylic acids is 1. The van der Waals surface area contributed by atoms with Gasteiger partial charge in [-0.25, -0.2) is 9.78 Å². The van der Waals surface area contributed by atoms with Crippen LogP contribution < -0.4 is 5.56 Å². The third-order valence-corrected chi connectivity index (χ3v) is 5.22. The number of halogens is 1. The third kappa shape index (κ3) is 3.58. The summed E-state index contributed by atoms with van der Waals surface area (Å²) in [5.74, 6) is 0.664. The molecule has 0 aromatic carbocycles. The molecule has 2 aromatic heterocycles. The molecule has 6 nitrogen and oxygen atoms in total. The summed E-state index contributed by atoms with van der Waals surface area (Å²) in [5, 5.41) is 0. The summed E-state index contributed by atoms with van der Waals surface area (Å²) in [6.07, 6.45) is 0.445. The normalized spacial score (nSPS) is 18.6. The lowest BCUT2D eigenvalue weighted by atomic mass is 10.1. The second-order valence-electron chi connectivity index (χ2n) is 6.63. The largest absolute Gasteiger partial charge is 0.444 e. The van der Waals surface area contributed by atoms with Crippen molar-refractivity contribution in [3.05, 3.63) is 26.0 Å². The van der Waals surface area contributed by atoms with E-state index in [0.717, 1.165) is 10.2 Å². The van der Waals surface area contributed by atoms with Gasteiger partial charge in [0.05, 0.1) is 9.30 Å². The van der Waals surface area contributed by atoms with Crippen LogP contribution in [0.3, 0.4) is 0 Å². The molecule has 3 heterocycles. The van der Waals surface area contributed by atoms with Crippen molar-refractivity contribution in [2.75, 3.05) is 13.1 Å². The van der Waals surface area contributed by atoms with Gasteiger partial charge in [-0.1, -0.05) is 0 Å². The standard InChI is InChI=1S/C15H18BrN3O3S/c1-15(2,3)22-14(21)19-5-4-8(7-19)12-17-9-6-10(16)23-11(9)13(20)18-12/h6,8H,4-5,7H2,1-3H3,(H,17,18,20). The quantitative estimate of drug-likeness (QED) is 0.796. The summed E-state index contributed by atoms with van der Waals surface area (Å²) in [6, 6.07) is 1.85. The van der Waals surface area contributed by atoms with Gasteiger partial charge in [0, 0.05) is 19.0 Å². The van der Waals surface area contributed by atoms with Crippen molar-refractivity contribution >= 4 is 43.6 Å². The molecule has 1 fully saturated rings. The second kappa shape index (κ2) is 5.90. The number of nitrogens with zero attached hydrogens (tertiary/aromatic N) is 2. The van der Waals surface area contributed by atoms with Crippen LogP contribution in [0.15, 0.2) is 14.6 Å². The Morgan fingerprint density at radius 1 is 1.52 bits per heavy atom. The predicted molar refractivity (Wildman–Crippen MR) is 93.1 cm³/mol. The zero-order valence-electron chi connectivity index (χ0n) is 13.2. The van der Waals surface area contributed by atoms with E-state index in [4.69, 9.17) is 4.74 Å². The van der Waals surface area contributed by atoms with Crippen LogP contribution >= 0.6 is 27.3 Å². The van der Waals surface area contributed by atoms with E-state index in [-0.39, 0.29) is 17.6 Å². The van der Waals surface area contributed by atoms with E-state index in [1.807, 2.05) is 26.8 Å². The van der Waals surface area contributed by atoms with Gasteiger partial charge in [0.15, 0.2) is 0 Å². The lowest BCUT2D eigenvalue weighted by molar-refractivity contribution is 0.0292. The van der Waals surface area contributed by atoms with E-state index < -0.39 is 5.60 Å². The van der Waals surface area contributed by atoms with Gasteiger partial charge in [-0.15, -0.1) is 11.3 Å². The zero-order chi connectivity index (χ0) is 16.8. The molecule has 1 atom stereocenters. The molecule has 1 aliphatic heterocycles. The Morgan fingerprint density at radius 2 is 2.26 bits per heavy atom. The SMILES string of the molecule is CC(C)(C)OC(=O)N1CCC(c2nc3cc(Br)sc3c(=O)[nH]2)C1. The van der Waals surface area contributed by atoms with E-state index in [0.29, 0.717) is 29.1 Å².